The highest BCUT2D eigenvalue weighted by molar-refractivity contribution is 5.05. The van der Waals surface area contributed by atoms with Gasteiger partial charge in [-0.3, -0.25) is 0 Å². The Bertz CT molecular complexity index is 223. The van der Waals surface area contributed by atoms with Gasteiger partial charge in [0.1, 0.15) is 5.60 Å². The van der Waals surface area contributed by atoms with Crippen LogP contribution in [0.1, 0.15) is 40.0 Å². The molecule has 1 aliphatic rings. The van der Waals surface area contributed by atoms with Gasteiger partial charge in [0.15, 0.2) is 0 Å². The molecule has 2 N–H and O–H groups in total. The van der Waals surface area contributed by atoms with E-state index < -0.39 is 11.0 Å². The minimum Gasteiger partial charge on any atom is -0.566 e. The Morgan fingerprint density at radius 3 is 2.71 bits per heavy atom. The molecule has 0 spiro atoms. The van der Waals surface area contributed by atoms with Crippen molar-refractivity contribution in [2.75, 3.05) is 0 Å². The fourth-order valence-corrected chi connectivity index (χ4v) is 1.91. The average Bonchev–Trinajstić information content (AvgIpc) is 2.02. The molecule has 1 rings (SSSR count). The van der Waals surface area contributed by atoms with Crippen LogP contribution in [0.15, 0.2) is 11.6 Å². The van der Waals surface area contributed by atoms with Gasteiger partial charge in [0.05, 0.1) is 0 Å². The van der Waals surface area contributed by atoms with Gasteiger partial charge in [0, 0.05) is 0 Å². The van der Waals surface area contributed by atoms with E-state index in [2.05, 4.69) is 13.0 Å². The van der Waals surface area contributed by atoms with Crippen LogP contribution >= 0.6 is 0 Å². The molecule has 0 amide bonds. The Morgan fingerprint density at radius 1 is 1.64 bits per heavy atom. The van der Waals surface area contributed by atoms with Crippen molar-refractivity contribution in [1.29, 1.82) is 0 Å². The van der Waals surface area contributed by atoms with Crippen LogP contribution in [0.3, 0.4) is 0 Å². The summed E-state index contributed by atoms with van der Waals surface area (Å²) in [6.07, 6.45) is 5.17. The standard InChI is InChI=1S/C10H19NO3/c1-8-4-6-9(7-5-8)10(2,3)14-11(12)13/h4,9,11-12H,5-7H2,1-3H3. The summed E-state index contributed by atoms with van der Waals surface area (Å²) in [5, 5.41) is 17.9. The molecule has 0 saturated heterocycles. The SMILES string of the molecule is CC1=CCC(C(C)(C)O[NH+]([O-])O)CC1. The zero-order chi connectivity index (χ0) is 10.8. The van der Waals surface area contributed by atoms with Crippen molar-refractivity contribution in [3.63, 3.8) is 0 Å². The van der Waals surface area contributed by atoms with E-state index in [4.69, 9.17) is 10.0 Å². The number of allylic oxidation sites excluding steroid dienone is 2. The molecule has 0 aromatic rings. The van der Waals surface area contributed by atoms with Crippen molar-refractivity contribution in [2.45, 2.75) is 45.6 Å². The summed E-state index contributed by atoms with van der Waals surface area (Å²) in [5.41, 5.74) is 0.829. The lowest BCUT2D eigenvalue weighted by atomic mass is 9.80. The van der Waals surface area contributed by atoms with E-state index >= 15 is 0 Å². The van der Waals surface area contributed by atoms with Crippen LogP contribution in [0.5, 0.6) is 0 Å². The topological polar surface area (TPSA) is 57.0 Å². The summed E-state index contributed by atoms with van der Waals surface area (Å²) in [7, 11) is 0. The van der Waals surface area contributed by atoms with Gasteiger partial charge in [-0.05, 0) is 46.0 Å². The molecule has 0 radical (unpaired) electrons. The maximum Gasteiger partial charge on any atom is 0.129 e. The predicted octanol–water partition coefficient (Wildman–Crippen LogP) is 1.21. The number of nitrogens with one attached hydrogen (secondary N) is 1. The second-order valence-corrected chi connectivity index (χ2v) is 4.49. The molecule has 0 fully saturated rings. The van der Waals surface area contributed by atoms with Crippen LogP contribution in [0, 0.1) is 11.1 Å². The zero-order valence-electron chi connectivity index (χ0n) is 9.04. The maximum absolute atomic E-state index is 10.5. The Kier molecular flexibility index (Phi) is 3.66. The van der Waals surface area contributed by atoms with Gasteiger partial charge in [0.25, 0.3) is 0 Å². The van der Waals surface area contributed by atoms with Crippen LogP contribution in [-0.4, -0.2) is 10.8 Å². The first-order valence-corrected chi connectivity index (χ1v) is 4.99. The van der Waals surface area contributed by atoms with Gasteiger partial charge in [-0.2, -0.15) is 10.0 Å². The van der Waals surface area contributed by atoms with Gasteiger partial charge in [-0.15, -0.1) is 0 Å². The molecule has 0 heterocycles. The summed E-state index contributed by atoms with van der Waals surface area (Å²) in [5.74, 6) is 0.308. The van der Waals surface area contributed by atoms with Crippen molar-refractivity contribution < 1.29 is 15.4 Å². The van der Waals surface area contributed by atoms with Crippen LogP contribution in [0.25, 0.3) is 0 Å². The summed E-state index contributed by atoms with van der Waals surface area (Å²) >= 11 is 0. The zero-order valence-corrected chi connectivity index (χ0v) is 9.04. The summed E-state index contributed by atoms with van der Waals surface area (Å²) in [6.45, 7) is 5.81. The predicted molar refractivity (Wildman–Crippen MR) is 52.4 cm³/mol. The fourth-order valence-electron chi connectivity index (χ4n) is 1.91. The van der Waals surface area contributed by atoms with Crippen LogP contribution in [-0.2, 0) is 4.84 Å². The van der Waals surface area contributed by atoms with Gasteiger partial charge >= 0.3 is 0 Å². The lowest BCUT2D eigenvalue weighted by Gasteiger charge is -2.35. The molecular weight excluding hydrogens is 182 g/mol. The molecule has 0 saturated carbocycles. The van der Waals surface area contributed by atoms with E-state index in [0.29, 0.717) is 5.92 Å². The van der Waals surface area contributed by atoms with Crippen molar-refractivity contribution in [3.8, 4) is 0 Å². The first kappa shape index (κ1) is 11.7. The summed E-state index contributed by atoms with van der Waals surface area (Å²) in [6, 6.07) is 0. The Labute approximate surface area is 84.7 Å². The van der Waals surface area contributed by atoms with Crippen molar-refractivity contribution in [1.82, 2.24) is 0 Å². The van der Waals surface area contributed by atoms with E-state index in [1.807, 2.05) is 13.8 Å². The summed E-state index contributed by atoms with van der Waals surface area (Å²) in [4.78, 5) is 4.90. The second kappa shape index (κ2) is 4.40. The molecule has 1 aliphatic carbocycles. The third kappa shape index (κ3) is 3.06. The summed E-state index contributed by atoms with van der Waals surface area (Å²) < 4.78 is 0. The molecule has 4 nitrogen and oxygen atoms in total. The van der Waals surface area contributed by atoms with Crippen LogP contribution in [0.4, 0.5) is 0 Å². The number of quaternary nitrogens is 1. The lowest BCUT2D eigenvalue weighted by Crippen LogP contribution is -3.05. The smallest absolute Gasteiger partial charge is 0.129 e. The van der Waals surface area contributed by atoms with Crippen LogP contribution < -0.4 is 5.39 Å². The van der Waals surface area contributed by atoms with E-state index in [1.54, 1.807) is 0 Å². The van der Waals surface area contributed by atoms with Gasteiger partial charge in [-0.25, -0.2) is 0 Å². The van der Waals surface area contributed by atoms with Crippen LogP contribution in [0.2, 0.25) is 0 Å². The van der Waals surface area contributed by atoms with Crippen molar-refractivity contribution >= 4 is 0 Å². The van der Waals surface area contributed by atoms with Crippen molar-refractivity contribution in [2.24, 2.45) is 5.92 Å². The largest absolute Gasteiger partial charge is 0.566 e. The molecule has 0 aromatic carbocycles. The maximum atomic E-state index is 10.5. The lowest BCUT2D eigenvalue weighted by molar-refractivity contribution is -1.21. The Balaban J connectivity index is 2.56. The molecule has 0 aromatic heterocycles. The van der Waals surface area contributed by atoms with Crippen molar-refractivity contribution in [3.05, 3.63) is 16.9 Å². The number of rotatable bonds is 3. The average molecular weight is 201 g/mol. The highest BCUT2D eigenvalue weighted by Gasteiger charge is 2.34. The fraction of sp³-hybridized carbons (Fsp3) is 0.800. The third-order valence-electron chi connectivity index (χ3n) is 2.97. The molecule has 2 atom stereocenters. The molecule has 2 unspecified atom stereocenters. The molecular formula is C10H19NO3. The van der Waals surface area contributed by atoms with E-state index in [9.17, 15) is 5.21 Å². The highest BCUT2D eigenvalue weighted by Crippen LogP contribution is 2.32. The van der Waals surface area contributed by atoms with Gasteiger partial charge in [-0.1, -0.05) is 17.0 Å². The third-order valence-corrected chi connectivity index (χ3v) is 2.97. The monoisotopic (exact) mass is 201 g/mol. The Morgan fingerprint density at radius 2 is 2.29 bits per heavy atom. The molecule has 14 heavy (non-hydrogen) atoms. The first-order valence-electron chi connectivity index (χ1n) is 4.99. The van der Waals surface area contributed by atoms with Gasteiger partial charge in [0.2, 0.25) is 0 Å². The Hall–Kier alpha value is -0.420. The molecule has 82 valence electrons. The first-order chi connectivity index (χ1) is 6.42. The minimum atomic E-state index is -1.18. The minimum absolute atomic E-state index is 0.308. The second-order valence-electron chi connectivity index (χ2n) is 4.49. The normalized spacial score (nSPS) is 25.8. The highest BCUT2D eigenvalue weighted by atomic mass is 17.1. The number of hydrogen-bond acceptors (Lipinski definition) is 3. The number of hydrogen-bond donors (Lipinski definition) is 2. The molecule has 0 bridgehead atoms. The quantitative estimate of drug-likeness (QED) is 0.533. The molecule has 4 heteroatoms. The molecule has 0 aliphatic heterocycles. The van der Waals surface area contributed by atoms with E-state index in [1.165, 1.54) is 5.57 Å². The van der Waals surface area contributed by atoms with E-state index in [0.717, 1.165) is 19.3 Å². The van der Waals surface area contributed by atoms with E-state index in [-0.39, 0.29) is 0 Å². The van der Waals surface area contributed by atoms with Gasteiger partial charge < -0.3 is 5.21 Å².